The molecule has 0 spiro atoms. The minimum atomic E-state index is -0.861. The lowest BCUT2D eigenvalue weighted by Crippen LogP contribution is -2.53. The highest BCUT2D eigenvalue weighted by atomic mass is 32.2. The number of hydrogen-bond donors (Lipinski definition) is 2. The van der Waals surface area contributed by atoms with Crippen LogP contribution in [0, 0.1) is 5.92 Å². The molecule has 1 heterocycles. The molecule has 4 unspecified atom stereocenters. The van der Waals surface area contributed by atoms with Gasteiger partial charge in [0.05, 0.1) is 6.04 Å². The topological polar surface area (TPSA) is 58.2 Å². The van der Waals surface area contributed by atoms with Gasteiger partial charge in [0.25, 0.3) is 0 Å². The molecule has 1 aliphatic rings. The Hall–Kier alpha value is -0.420. The zero-order valence-electron chi connectivity index (χ0n) is 10.3. The third-order valence-electron chi connectivity index (χ3n) is 2.93. The van der Waals surface area contributed by atoms with Gasteiger partial charge < -0.3 is 10.6 Å². The van der Waals surface area contributed by atoms with Gasteiger partial charge in [-0.15, -0.1) is 0 Å². The van der Waals surface area contributed by atoms with E-state index >= 15 is 0 Å². The number of piperidine rings is 1. The third-order valence-corrected chi connectivity index (χ3v) is 3.89. The van der Waals surface area contributed by atoms with Crippen LogP contribution in [-0.2, 0) is 15.6 Å². The molecule has 0 radical (unpaired) electrons. The Kier molecular flexibility index (Phi) is 5.41. The molecule has 4 atom stereocenters. The molecule has 0 saturated carbocycles. The van der Waals surface area contributed by atoms with E-state index < -0.39 is 10.8 Å². The predicted octanol–water partition coefficient (Wildman–Crippen LogP) is 0.258. The summed E-state index contributed by atoms with van der Waals surface area (Å²) >= 11 is 0. The Bertz CT molecular complexity index is 271. The van der Waals surface area contributed by atoms with Crippen LogP contribution in [0.4, 0.5) is 0 Å². The monoisotopic (exact) mass is 246 g/mol. The van der Waals surface area contributed by atoms with Gasteiger partial charge in [-0.2, -0.15) is 0 Å². The van der Waals surface area contributed by atoms with Gasteiger partial charge in [0.15, 0.2) is 0 Å². The Labute approximate surface area is 100 Å². The van der Waals surface area contributed by atoms with Crippen LogP contribution in [0.2, 0.25) is 0 Å². The highest BCUT2D eigenvalue weighted by molar-refractivity contribution is 7.84. The minimum Gasteiger partial charge on any atom is -0.351 e. The summed E-state index contributed by atoms with van der Waals surface area (Å²) in [6.07, 6.45) is 3.89. The molecular weight excluding hydrogens is 224 g/mol. The van der Waals surface area contributed by atoms with Gasteiger partial charge in [-0.1, -0.05) is 6.92 Å². The second kappa shape index (κ2) is 6.35. The second-order valence-electron chi connectivity index (χ2n) is 4.70. The Morgan fingerprint density at radius 2 is 2.31 bits per heavy atom. The Morgan fingerprint density at radius 1 is 1.62 bits per heavy atom. The number of nitrogens with one attached hydrogen (secondary N) is 2. The van der Waals surface area contributed by atoms with Gasteiger partial charge in [-0.25, -0.2) is 0 Å². The van der Waals surface area contributed by atoms with E-state index in [0.29, 0.717) is 11.7 Å². The summed E-state index contributed by atoms with van der Waals surface area (Å²) in [7, 11) is -0.861. The molecule has 1 saturated heterocycles. The number of rotatable bonds is 4. The molecule has 4 nitrogen and oxygen atoms in total. The largest absolute Gasteiger partial charge is 0.351 e. The van der Waals surface area contributed by atoms with E-state index in [9.17, 15) is 9.00 Å². The van der Waals surface area contributed by atoms with Gasteiger partial charge in [0.1, 0.15) is 0 Å². The van der Waals surface area contributed by atoms with Crippen molar-refractivity contribution in [1.82, 2.24) is 10.6 Å². The zero-order valence-corrected chi connectivity index (χ0v) is 11.1. The lowest BCUT2D eigenvalue weighted by Gasteiger charge is -2.30. The van der Waals surface area contributed by atoms with Crippen LogP contribution in [0.5, 0.6) is 0 Å². The first kappa shape index (κ1) is 13.6. The lowest BCUT2D eigenvalue weighted by atomic mass is 9.92. The van der Waals surface area contributed by atoms with Crippen molar-refractivity contribution in [3.8, 4) is 0 Å². The SMILES string of the molecule is CC(CS(C)=O)NC(=O)C1NCCCC1C. The molecule has 1 amide bonds. The summed E-state index contributed by atoms with van der Waals surface area (Å²) in [5.74, 6) is 0.950. The van der Waals surface area contributed by atoms with Crippen molar-refractivity contribution in [2.45, 2.75) is 38.8 Å². The van der Waals surface area contributed by atoms with Crippen LogP contribution < -0.4 is 10.6 Å². The van der Waals surface area contributed by atoms with Crippen LogP contribution in [-0.4, -0.2) is 40.8 Å². The number of carbonyl (C=O) groups excluding carboxylic acids is 1. The molecule has 0 aromatic carbocycles. The van der Waals surface area contributed by atoms with Crippen molar-refractivity contribution >= 4 is 16.7 Å². The van der Waals surface area contributed by atoms with Crippen molar-refractivity contribution in [1.29, 1.82) is 0 Å². The molecule has 1 aliphatic heterocycles. The van der Waals surface area contributed by atoms with Crippen molar-refractivity contribution in [2.24, 2.45) is 5.92 Å². The third kappa shape index (κ3) is 4.22. The second-order valence-corrected chi connectivity index (χ2v) is 6.18. The van der Waals surface area contributed by atoms with E-state index in [-0.39, 0.29) is 18.0 Å². The van der Waals surface area contributed by atoms with E-state index in [0.717, 1.165) is 19.4 Å². The van der Waals surface area contributed by atoms with Crippen LogP contribution in [0.25, 0.3) is 0 Å². The Morgan fingerprint density at radius 3 is 2.88 bits per heavy atom. The molecular formula is C11H22N2O2S. The van der Waals surface area contributed by atoms with Crippen molar-refractivity contribution in [3.05, 3.63) is 0 Å². The first-order valence-electron chi connectivity index (χ1n) is 5.84. The maximum Gasteiger partial charge on any atom is 0.237 e. The summed E-state index contributed by atoms with van der Waals surface area (Å²) < 4.78 is 11.0. The standard InChI is InChI=1S/C11H22N2O2S/c1-8-5-4-6-12-10(8)11(14)13-9(2)7-16(3)15/h8-10,12H,4-7H2,1-3H3,(H,13,14). The Balaban J connectivity index is 2.41. The fourth-order valence-electron chi connectivity index (χ4n) is 2.13. The summed E-state index contributed by atoms with van der Waals surface area (Å²) in [6.45, 7) is 4.91. The summed E-state index contributed by atoms with van der Waals surface area (Å²) in [5.41, 5.74) is 0. The van der Waals surface area contributed by atoms with Crippen molar-refractivity contribution in [2.75, 3.05) is 18.6 Å². The van der Waals surface area contributed by atoms with E-state index in [4.69, 9.17) is 0 Å². The maximum atomic E-state index is 11.9. The fourth-order valence-corrected chi connectivity index (χ4v) is 2.91. The predicted molar refractivity (Wildman–Crippen MR) is 66.7 cm³/mol. The summed E-state index contributed by atoms with van der Waals surface area (Å²) in [5, 5.41) is 6.16. The molecule has 1 rings (SSSR count). The molecule has 1 fully saturated rings. The van der Waals surface area contributed by atoms with Gasteiger partial charge in [-0.3, -0.25) is 9.00 Å². The van der Waals surface area contributed by atoms with Crippen LogP contribution in [0.15, 0.2) is 0 Å². The van der Waals surface area contributed by atoms with Gasteiger partial charge in [0.2, 0.25) is 5.91 Å². The average Bonchev–Trinajstić information content (AvgIpc) is 2.16. The molecule has 16 heavy (non-hydrogen) atoms. The number of hydrogen-bond acceptors (Lipinski definition) is 3. The fraction of sp³-hybridized carbons (Fsp3) is 0.909. The first-order chi connectivity index (χ1) is 7.50. The molecule has 0 aliphatic carbocycles. The highest BCUT2D eigenvalue weighted by Gasteiger charge is 2.27. The van der Waals surface area contributed by atoms with E-state index in [1.54, 1.807) is 6.26 Å². The van der Waals surface area contributed by atoms with Crippen LogP contribution in [0.3, 0.4) is 0 Å². The molecule has 2 N–H and O–H groups in total. The summed E-state index contributed by atoms with van der Waals surface area (Å²) in [6, 6.07) is -0.101. The molecule has 0 aromatic rings. The summed E-state index contributed by atoms with van der Waals surface area (Å²) in [4.78, 5) is 11.9. The van der Waals surface area contributed by atoms with E-state index in [1.807, 2.05) is 6.92 Å². The van der Waals surface area contributed by atoms with Crippen LogP contribution >= 0.6 is 0 Å². The first-order valence-corrected chi connectivity index (χ1v) is 7.57. The highest BCUT2D eigenvalue weighted by Crippen LogP contribution is 2.15. The van der Waals surface area contributed by atoms with Gasteiger partial charge in [0, 0.05) is 28.9 Å². The smallest absolute Gasteiger partial charge is 0.237 e. The molecule has 5 heteroatoms. The van der Waals surface area contributed by atoms with Crippen LogP contribution in [0.1, 0.15) is 26.7 Å². The molecule has 0 aromatic heterocycles. The van der Waals surface area contributed by atoms with E-state index in [2.05, 4.69) is 17.6 Å². The van der Waals surface area contributed by atoms with Crippen molar-refractivity contribution < 1.29 is 9.00 Å². The van der Waals surface area contributed by atoms with Gasteiger partial charge in [-0.05, 0) is 32.2 Å². The molecule has 94 valence electrons. The number of amides is 1. The maximum absolute atomic E-state index is 11.9. The average molecular weight is 246 g/mol. The minimum absolute atomic E-state index is 0.0192. The zero-order chi connectivity index (χ0) is 12.1. The van der Waals surface area contributed by atoms with Crippen molar-refractivity contribution in [3.63, 3.8) is 0 Å². The van der Waals surface area contributed by atoms with E-state index in [1.165, 1.54) is 0 Å². The lowest BCUT2D eigenvalue weighted by molar-refractivity contribution is -0.125. The van der Waals surface area contributed by atoms with Gasteiger partial charge >= 0.3 is 0 Å². The number of carbonyl (C=O) groups is 1. The quantitative estimate of drug-likeness (QED) is 0.748. The molecule has 0 bridgehead atoms. The normalized spacial score (nSPS) is 29.4.